The molecule has 0 saturated heterocycles. The van der Waals surface area contributed by atoms with E-state index in [4.69, 9.17) is 14.2 Å². The van der Waals surface area contributed by atoms with Crippen molar-refractivity contribution in [3.63, 3.8) is 0 Å². The number of hydrogen-bond acceptors (Lipinski definition) is 4. The van der Waals surface area contributed by atoms with Gasteiger partial charge in [-0.15, -0.1) is 0 Å². The summed E-state index contributed by atoms with van der Waals surface area (Å²) in [6, 6.07) is 9.21. The summed E-state index contributed by atoms with van der Waals surface area (Å²) in [5, 5.41) is 2.75. The van der Waals surface area contributed by atoms with Crippen LogP contribution in [0.1, 0.15) is 10.4 Å². The summed E-state index contributed by atoms with van der Waals surface area (Å²) in [6.07, 6.45) is 0. The zero-order valence-corrected chi connectivity index (χ0v) is 15.4. The Hall–Kier alpha value is -2.03. The minimum absolute atomic E-state index is 0.235. The fourth-order valence-electron chi connectivity index (χ4n) is 2.01. The van der Waals surface area contributed by atoms with Crippen LogP contribution < -0.4 is 19.5 Å². The first-order valence-electron chi connectivity index (χ1n) is 7.13. The van der Waals surface area contributed by atoms with Crippen LogP contribution in [0.2, 0.25) is 0 Å². The molecule has 0 aliphatic carbocycles. The van der Waals surface area contributed by atoms with Gasteiger partial charge >= 0.3 is 0 Å². The number of amides is 1. The van der Waals surface area contributed by atoms with Gasteiger partial charge in [-0.25, -0.2) is 4.39 Å². The monoisotopic (exact) mass is 445 g/mol. The number of halogens is 2. The number of benzene rings is 2. The molecule has 0 aliphatic heterocycles. The van der Waals surface area contributed by atoms with Gasteiger partial charge in [0.1, 0.15) is 18.2 Å². The molecule has 0 saturated carbocycles. The molecule has 1 N–H and O–H groups in total. The lowest BCUT2D eigenvalue weighted by atomic mass is 10.2. The van der Waals surface area contributed by atoms with Crippen molar-refractivity contribution in [3.8, 4) is 17.2 Å². The summed E-state index contributed by atoms with van der Waals surface area (Å²) < 4.78 is 29.6. The summed E-state index contributed by atoms with van der Waals surface area (Å²) in [6.45, 7) is 0.527. The highest BCUT2D eigenvalue weighted by atomic mass is 127. The summed E-state index contributed by atoms with van der Waals surface area (Å²) in [5.74, 6) is 0.858. The number of methoxy groups -OCH3 is 2. The van der Waals surface area contributed by atoms with Gasteiger partial charge in [-0.3, -0.25) is 4.79 Å². The Morgan fingerprint density at radius 1 is 1.17 bits per heavy atom. The Bertz CT molecular complexity index is 724. The lowest BCUT2D eigenvalue weighted by Gasteiger charge is -2.12. The van der Waals surface area contributed by atoms with Gasteiger partial charge in [-0.2, -0.15) is 0 Å². The number of ether oxygens (including phenoxy) is 3. The van der Waals surface area contributed by atoms with Gasteiger partial charge in [-0.05, 0) is 46.9 Å². The van der Waals surface area contributed by atoms with E-state index in [1.54, 1.807) is 24.3 Å². The average molecular weight is 445 g/mol. The molecule has 0 radical (unpaired) electrons. The van der Waals surface area contributed by atoms with Crippen molar-refractivity contribution >= 4 is 28.5 Å². The highest BCUT2D eigenvalue weighted by Crippen LogP contribution is 2.31. The average Bonchev–Trinajstić information content (AvgIpc) is 2.58. The van der Waals surface area contributed by atoms with Crippen LogP contribution in [-0.2, 0) is 0 Å². The van der Waals surface area contributed by atoms with Gasteiger partial charge in [-0.1, -0.05) is 6.07 Å². The van der Waals surface area contributed by atoms with Crippen LogP contribution in [0.4, 0.5) is 4.39 Å². The van der Waals surface area contributed by atoms with Crippen LogP contribution in [0.5, 0.6) is 17.2 Å². The van der Waals surface area contributed by atoms with Crippen molar-refractivity contribution in [2.24, 2.45) is 0 Å². The zero-order valence-electron chi connectivity index (χ0n) is 13.3. The maximum Gasteiger partial charge on any atom is 0.252 e. The topological polar surface area (TPSA) is 56.8 Å². The summed E-state index contributed by atoms with van der Waals surface area (Å²) in [4.78, 5) is 12.3. The van der Waals surface area contributed by atoms with Crippen LogP contribution in [-0.4, -0.2) is 33.3 Å². The molecule has 24 heavy (non-hydrogen) atoms. The smallest absolute Gasteiger partial charge is 0.252 e. The molecule has 5 nitrogen and oxygen atoms in total. The van der Waals surface area contributed by atoms with Crippen LogP contribution in [0.15, 0.2) is 36.4 Å². The zero-order chi connectivity index (χ0) is 17.5. The van der Waals surface area contributed by atoms with Crippen LogP contribution in [0.3, 0.4) is 0 Å². The molecule has 0 aliphatic rings. The molecule has 1 amide bonds. The third-order valence-electron chi connectivity index (χ3n) is 3.17. The molecule has 0 heterocycles. The van der Waals surface area contributed by atoms with Crippen molar-refractivity contribution in [1.82, 2.24) is 5.32 Å². The Morgan fingerprint density at radius 2 is 1.88 bits per heavy atom. The third kappa shape index (κ3) is 4.73. The van der Waals surface area contributed by atoms with E-state index < -0.39 is 0 Å². The highest BCUT2D eigenvalue weighted by molar-refractivity contribution is 14.1. The molecule has 128 valence electrons. The van der Waals surface area contributed by atoms with Crippen molar-refractivity contribution in [2.75, 3.05) is 27.4 Å². The molecule has 0 spiro atoms. The second-order valence-corrected chi connectivity index (χ2v) is 5.91. The summed E-state index contributed by atoms with van der Waals surface area (Å²) >= 11 is 2.06. The predicted octanol–water partition coefficient (Wildman–Crippen LogP) is 3.26. The van der Waals surface area contributed by atoms with Gasteiger partial charge in [0.15, 0.2) is 11.5 Å². The number of carbonyl (C=O) groups is 1. The van der Waals surface area contributed by atoms with Crippen molar-refractivity contribution in [3.05, 3.63) is 51.3 Å². The summed E-state index contributed by atoms with van der Waals surface area (Å²) in [7, 11) is 3.05. The minimum Gasteiger partial charge on any atom is -0.493 e. The van der Waals surface area contributed by atoms with Crippen LogP contribution in [0, 0.1) is 9.39 Å². The van der Waals surface area contributed by atoms with Gasteiger partial charge in [0.2, 0.25) is 0 Å². The van der Waals surface area contributed by atoms with Gasteiger partial charge in [0, 0.05) is 9.64 Å². The van der Waals surface area contributed by atoms with E-state index in [2.05, 4.69) is 27.9 Å². The van der Waals surface area contributed by atoms with Crippen LogP contribution in [0.25, 0.3) is 0 Å². The Morgan fingerprint density at radius 3 is 2.54 bits per heavy atom. The maximum atomic E-state index is 13.0. The molecule has 0 unspecified atom stereocenters. The second kappa shape index (κ2) is 8.72. The molecular weight excluding hydrogens is 428 g/mol. The Labute approximate surface area is 153 Å². The van der Waals surface area contributed by atoms with E-state index in [0.717, 1.165) is 3.57 Å². The fraction of sp³-hybridized carbons (Fsp3) is 0.235. The SMILES string of the molecule is COc1cc(I)c(C(=O)NCCOc2cccc(F)c2)cc1OC. The first-order chi connectivity index (χ1) is 11.5. The molecule has 2 aromatic carbocycles. The third-order valence-corrected chi connectivity index (χ3v) is 4.06. The van der Waals surface area contributed by atoms with E-state index in [1.807, 2.05) is 0 Å². The number of hydrogen-bond donors (Lipinski definition) is 1. The van der Waals surface area contributed by atoms with Crippen molar-refractivity contribution in [1.29, 1.82) is 0 Å². The van der Waals surface area contributed by atoms with Crippen LogP contribution >= 0.6 is 22.6 Å². The van der Waals surface area contributed by atoms with E-state index in [1.165, 1.54) is 26.4 Å². The highest BCUT2D eigenvalue weighted by Gasteiger charge is 2.15. The van der Waals surface area contributed by atoms with E-state index in [0.29, 0.717) is 29.4 Å². The lowest BCUT2D eigenvalue weighted by Crippen LogP contribution is -2.28. The van der Waals surface area contributed by atoms with Gasteiger partial charge in [0.25, 0.3) is 5.91 Å². The molecule has 0 fully saturated rings. The molecule has 0 bridgehead atoms. The largest absolute Gasteiger partial charge is 0.493 e. The molecule has 7 heteroatoms. The molecule has 0 aromatic heterocycles. The second-order valence-electron chi connectivity index (χ2n) is 4.75. The molecule has 2 rings (SSSR count). The van der Waals surface area contributed by atoms with E-state index in [-0.39, 0.29) is 18.3 Å². The number of rotatable bonds is 7. The minimum atomic E-state index is -0.364. The normalized spacial score (nSPS) is 10.2. The van der Waals surface area contributed by atoms with Crippen molar-refractivity contribution in [2.45, 2.75) is 0 Å². The van der Waals surface area contributed by atoms with Gasteiger partial charge < -0.3 is 19.5 Å². The van der Waals surface area contributed by atoms with E-state index in [9.17, 15) is 9.18 Å². The maximum absolute atomic E-state index is 13.0. The predicted molar refractivity (Wildman–Crippen MR) is 96.5 cm³/mol. The standard InChI is InChI=1S/C17H17FINO4/c1-22-15-9-13(14(19)10-16(15)23-2)17(21)20-6-7-24-12-5-3-4-11(18)8-12/h3-5,8-10H,6-7H2,1-2H3,(H,20,21). The Balaban J connectivity index is 1.93. The molecule has 0 atom stereocenters. The number of carbonyl (C=O) groups excluding carboxylic acids is 1. The van der Waals surface area contributed by atoms with Crippen molar-refractivity contribution < 1.29 is 23.4 Å². The first kappa shape index (κ1) is 18.3. The molecular formula is C17H17FINO4. The summed E-state index contributed by atoms with van der Waals surface area (Å²) in [5.41, 5.74) is 0.485. The van der Waals surface area contributed by atoms with Gasteiger partial charge in [0.05, 0.1) is 26.3 Å². The number of nitrogens with one attached hydrogen (secondary N) is 1. The fourth-order valence-corrected chi connectivity index (χ4v) is 2.70. The first-order valence-corrected chi connectivity index (χ1v) is 8.21. The molecule has 2 aromatic rings. The Kier molecular flexibility index (Phi) is 6.65. The van der Waals surface area contributed by atoms with E-state index >= 15 is 0 Å². The lowest BCUT2D eigenvalue weighted by molar-refractivity contribution is 0.0945. The quantitative estimate of drug-likeness (QED) is 0.526.